The molecule has 2 aliphatic heterocycles. The van der Waals surface area contributed by atoms with Gasteiger partial charge in [-0.25, -0.2) is 0 Å². The number of morpholine rings is 1. The minimum absolute atomic E-state index is 0.0124. The minimum atomic E-state index is -0.0124. The summed E-state index contributed by atoms with van der Waals surface area (Å²) in [6.07, 6.45) is 0. The third-order valence-electron chi connectivity index (χ3n) is 5.59. The highest BCUT2D eigenvalue weighted by Gasteiger charge is 2.24. The van der Waals surface area contributed by atoms with E-state index in [9.17, 15) is 9.59 Å². The predicted octanol–water partition coefficient (Wildman–Crippen LogP) is 1.40. The molecule has 0 spiro atoms. The van der Waals surface area contributed by atoms with E-state index in [0.29, 0.717) is 39.4 Å². The number of nitrogens with zero attached hydrogens (tertiary/aromatic N) is 3. The molecule has 3 rings (SSSR count). The molecule has 29 heavy (non-hydrogen) atoms. The zero-order chi connectivity index (χ0) is 20.9. The van der Waals surface area contributed by atoms with Crippen molar-refractivity contribution >= 4 is 17.5 Å². The number of carbonyl (C=O) groups excluding carboxylic acids is 2. The van der Waals surface area contributed by atoms with Crippen molar-refractivity contribution in [2.24, 2.45) is 0 Å². The van der Waals surface area contributed by atoms with Crippen molar-refractivity contribution < 1.29 is 14.3 Å². The van der Waals surface area contributed by atoms with Gasteiger partial charge in [-0.05, 0) is 23.1 Å². The van der Waals surface area contributed by atoms with E-state index in [1.807, 2.05) is 17.0 Å². The van der Waals surface area contributed by atoms with Crippen LogP contribution in [0.2, 0.25) is 0 Å². The van der Waals surface area contributed by atoms with E-state index in [2.05, 4.69) is 48.0 Å². The Morgan fingerprint density at radius 2 is 1.48 bits per heavy atom. The first-order chi connectivity index (χ1) is 13.8. The number of hydrogen-bond donors (Lipinski definition) is 1. The lowest BCUT2D eigenvalue weighted by molar-refractivity contribution is -0.135. The number of amides is 2. The van der Waals surface area contributed by atoms with Crippen LogP contribution in [0.3, 0.4) is 0 Å². The molecule has 0 unspecified atom stereocenters. The highest BCUT2D eigenvalue weighted by molar-refractivity contribution is 5.92. The first-order valence-corrected chi connectivity index (χ1v) is 10.5. The number of hydrogen-bond acceptors (Lipinski definition) is 5. The summed E-state index contributed by atoms with van der Waals surface area (Å²) in [5.41, 5.74) is 2.16. The largest absolute Gasteiger partial charge is 0.379 e. The molecule has 2 heterocycles. The van der Waals surface area contributed by atoms with Gasteiger partial charge in [0.2, 0.25) is 11.8 Å². The van der Waals surface area contributed by atoms with E-state index < -0.39 is 0 Å². The van der Waals surface area contributed by atoms with Crippen LogP contribution in [-0.4, -0.2) is 92.1 Å². The lowest BCUT2D eigenvalue weighted by Crippen LogP contribution is -2.53. The summed E-state index contributed by atoms with van der Waals surface area (Å²) in [6, 6.07) is 8.05. The Bertz CT molecular complexity index is 685. The van der Waals surface area contributed by atoms with Crippen LogP contribution in [0.1, 0.15) is 26.3 Å². The molecule has 160 valence electrons. The Hall–Kier alpha value is -1.96. The zero-order valence-electron chi connectivity index (χ0n) is 17.9. The first kappa shape index (κ1) is 21.7. The van der Waals surface area contributed by atoms with Gasteiger partial charge in [-0.15, -0.1) is 0 Å². The molecule has 1 N–H and O–H groups in total. The van der Waals surface area contributed by atoms with Crippen LogP contribution in [0.4, 0.5) is 5.69 Å². The summed E-state index contributed by atoms with van der Waals surface area (Å²) in [6.45, 7) is 13.2. The molecule has 1 aromatic rings. The maximum absolute atomic E-state index is 12.5. The first-order valence-electron chi connectivity index (χ1n) is 10.5. The number of rotatable bonds is 5. The summed E-state index contributed by atoms with van der Waals surface area (Å²) in [5.74, 6) is 0.163. The number of nitrogens with one attached hydrogen (secondary N) is 1. The topological polar surface area (TPSA) is 65.1 Å². The van der Waals surface area contributed by atoms with Gasteiger partial charge in [-0.3, -0.25) is 19.4 Å². The maximum atomic E-state index is 12.5. The molecule has 0 radical (unpaired) electrons. The third-order valence-corrected chi connectivity index (χ3v) is 5.59. The molecule has 0 atom stereocenters. The van der Waals surface area contributed by atoms with Gasteiger partial charge in [0.15, 0.2) is 0 Å². The van der Waals surface area contributed by atoms with Crippen molar-refractivity contribution in [3.8, 4) is 0 Å². The minimum Gasteiger partial charge on any atom is -0.379 e. The van der Waals surface area contributed by atoms with E-state index in [4.69, 9.17) is 4.74 Å². The molecular formula is C22H34N4O3. The number of benzene rings is 1. The summed E-state index contributed by atoms with van der Waals surface area (Å²) < 4.78 is 5.33. The van der Waals surface area contributed by atoms with Gasteiger partial charge in [0.25, 0.3) is 0 Å². The standard InChI is InChI=1S/C22H34N4O3/c1-22(2,3)18-4-6-19(7-5-18)23-20(27)16-24-8-10-26(11-9-24)21(28)17-25-12-14-29-15-13-25/h4-7H,8-17H2,1-3H3,(H,23,27). The smallest absolute Gasteiger partial charge is 0.238 e. The molecule has 7 heteroatoms. The molecule has 0 aromatic heterocycles. The van der Waals surface area contributed by atoms with Gasteiger partial charge < -0.3 is 15.0 Å². The predicted molar refractivity (Wildman–Crippen MR) is 114 cm³/mol. The molecule has 2 saturated heterocycles. The Kier molecular flexibility index (Phi) is 7.27. The number of anilines is 1. The van der Waals surface area contributed by atoms with E-state index in [0.717, 1.165) is 31.9 Å². The highest BCUT2D eigenvalue weighted by Crippen LogP contribution is 2.23. The fraction of sp³-hybridized carbons (Fsp3) is 0.636. The Balaban J connectivity index is 1.39. The van der Waals surface area contributed by atoms with Crippen LogP contribution in [0.5, 0.6) is 0 Å². The average molecular weight is 403 g/mol. The molecule has 7 nitrogen and oxygen atoms in total. The van der Waals surface area contributed by atoms with Crippen LogP contribution in [0, 0.1) is 0 Å². The maximum Gasteiger partial charge on any atom is 0.238 e. The summed E-state index contributed by atoms with van der Waals surface area (Å²) in [4.78, 5) is 31.0. The van der Waals surface area contributed by atoms with Crippen LogP contribution < -0.4 is 5.32 Å². The van der Waals surface area contributed by atoms with Gasteiger partial charge in [-0.1, -0.05) is 32.9 Å². The van der Waals surface area contributed by atoms with Gasteiger partial charge in [0, 0.05) is 45.0 Å². The molecular weight excluding hydrogens is 368 g/mol. The number of carbonyl (C=O) groups is 2. The molecule has 0 saturated carbocycles. The second-order valence-corrected chi connectivity index (χ2v) is 8.92. The van der Waals surface area contributed by atoms with Crippen molar-refractivity contribution in [3.05, 3.63) is 29.8 Å². The fourth-order valence-electron chi connectivity index (χ4n) is 3.66. The van der Waals surface area contributed by atoms with Crippen molar-refractivity contribution in [2.75, 3.05) is 70.9 Å². The Morgan fingerprint density at radius 3 is 2.07 bits per heavy atom. The van der Waals surface area contributed by atoms with Gasteiger partial charge >= 0.3 is 0 Å². The van der Waals surface area contributed by atoms with Crippen LogP contribution >= 0.6 is 0 Å². The zero-order valence-corrected chi connectivity index (χ0v) is 17.9. The summed E-state index contributed by atoms with van der Waals surface area (Å²) >= 11 is 0. The second-order valence-electron chi connectivity index (χ2n) is 8.92. The molecule has 2 aliphatic rings. The van der Waals surface area contributed by atoms with E-state index in [1.54, 1.807) is 0 Å². The monoisotopic (exact) mass is 402 g/mol. The van der Waals surface area contributed by atoms with Crippen LogP contribution in [-0.2, 0) is 19.7 Å². The van der Waals surface area contributed by atoms with Crippen molar-refractivity contribution in [1.29, 1.82) is 0 Å². The number of piperazine rings is 1. The van der Waals surface area contributed by atoms with Gasteiger partial charge in [0.05, 0.1) is 26.3 Å². The molecule has 0 bridgehead atoms. The molecule has 1 aromatic carbocycles. The quantitative estimate of drug-likeness (QED) is 0.807. The number of ether oxygens (including phenoxy) is 1. The van der Waals surface area contributed by atoms with E-state index >= 15 is 0 Å². The third kappa shape index (κ3) is 6.52. The van der Waals surface area contributed by atoms with E-state index in [1.165, 1.54) is 5.56 Å². The van der Waals surface area contributed by atoms with Crippen molar-refractivity contribution in [2.45, 2.75) is 26.2 Å². The average Bonchev–Trinajstić information content (AvgIpc) is 2.69. The van der Waals surface area contributed by atoms with Crippen molar-refractivity contribution in [3.63, 3.8) is 0 Å². The van der Waals surface area contributed by atoms with Gasteiger partial charge in [-0.2, -0.15) is 0 Å². The SMILES string of the molecule is CC(C)(C)c1ccc(NC(=O)CN2CCN(C(=O)CN3CCOCC3)CC2)cc1. The summed E-state index contributed by atoms with van der Waals surface area (Å²) in [5, 5.41) is 2.98. The Morgan fingerprint density at radius 1 is 0.897 bits per heavy atom. The lowest BCUT2D eigenvalue weighted by atomic mass is 9.87. The molecule has 0 aliphatic carbocycles. The van der Waals surface area contributed by atoms with E-state index in [-0.39, 0.29) is 17.2 Å². The normalized spacial score (nSPS) is 19.2. The van der Waals surface area contributed by atoms with Crippen molar-refractivity contribution in [1.82, 2.24) is 14.7 Å². The highest BCUT2D eigenvalue weighted by atomic mass is 16.5. The van der Waals surface area contributed by atoms with Crippen LogP contribution in [0.25, 0.3) is 0 Å². The molecule has 2 fully saturated rings. The molecule has 2 amide bonds. The van der Waals surface area contributed by atoms with Crippen LogP contribution in [0.15, 0.2) is 24.3 Å². The summed E-state index contributed by atoms with van der Waals surface area (Å²) in [7, 11) is 0. The van der Waals surface area contributed by atoms with Gasteiger partial charge in [0.1, 0.15) is 0 Å². The fourth-order valence-corrected chi connectivity index (χ4v) is 3.66. The lowest BCUT2D eigenvalue weighted by Gasteiger charge is -2.36. The Labute approximate surface area is 174 Å². The second kappa shape index (κ2) is 9.69.